The van der Waals surface area contributed by atoms with Gasteiger partial charge in [-0.15, -0.1) is 10.2 Å². The predicted octanol–water partition coefficient (Wildman–Crippen LogP) is 3.34. The standard InChI is InChI=1S/C19H21N5O/c1-2-3-9-18(25)20-13-14-10-11-16(15-7-5-4-6-8-15)17(12-14)19-21-23-24-22-19/h4-8,10-12H,2-3,9,13H2,1H3,(H,20,25)(H,21,22,23,24). The summed E-state index contributed by atoms with van der Waals surface area (Å²) in [5.41, 5.74) is 4.01. The van der Waals surface area contributed by atoms with Gasteiger partial charge in [0.25, 0.3) is 0 Å². The van der Waals surface area contributed by atoms with E-state index in [1.165, 1.54) is 0 Å². The molecule has 6 heteroatoms. The maximum absolute atomic E-state index is 11.8. The Bertz CT molecular complexity index is 815. The summed E-state index contributed by atoms with van der Waals surface area (Å²) in [6.45, 7) is 2.56. The van der Waals surface area contributed by atoms with Crippen LogP contribution in [0.1, 0.15) is 31.7 Å². The number of carbonyl (C=O) groups is 1. The van der Waals surface area contributed by atoms with E-state index >= 15 is 0 Å². The first-order chi connectivity index (χ1) is 12.3. The van der Waals surface area contributed by atoms with E-state index < -0.39 is 0 Å². The highest BCUT2D eigenvalue weighted by molar-refractivity contribution is 5.81. The molecule has 0 aliphatic rings. The quantitative estimate of drug-likeness (QED) is 0.693. The number of tetrazole rings is 1. The van der Waals surface area contributed by atoms with Crippen LogP contribution in [0.4, 0.5) is 0 Å². The van der Waals surface area contributed by atoms with Crippen LogP contribution in [0.15, 0.2) is 48.5 Å². The summed E-state index contributed by atoms with van der Waals surface area (Å²) in [5, 5.41) is 17.4. The molecule has 0 bridgehead atoms. The van der Waals surface area contributed by atoms with Gasteiger partial charge in [-0.1, -0.05) is 55.8 Å². The molecule has 2 N–H and O–H groups in total. The maximum atomic E-state index is 11.8. The molecule has 0 saturated heterocycles. The van der Waals surface area contributed by atoms with E-state index in [1.807, 2.05) is 48.5 Å². The van der Waals surface area contributed by atoms with Gasteiger partial charge < -0.3 is 5.32 Å². The van der Waals surface area contributed by atoms with Crippen molar-refractivity contribution in [3.63, 3.8) is 0 Å². The van der Waals surface area contributed by atoms with E-state index in [1.54, 1.807) is 0 Å². The lowest BCUT2D eigenvalue weighted by Gasteiger charge is -2.11. The average molecular weight is 335 g/mol. The zero-order valence-electron chi connectivity index (χ0n) is 14.2. The van der Waals surface area contributed by atoms with Gasteiger partial charge in [-0.3, -0.25) is 4.79 Å². The number of aromatic nitrogens is 4. The Morgan fingerprint density at radius 2 is 1.96 bits per heavy atom. The van der Waals surface area contributed by atoms with Gasteiger partial charge in [0.15, 0.2) is 0 Å². The van der Waals surface area contributed by atoms with Crippen LogP contribution in [-0.2, 0) is 11.3 Å². The minimum Gasteiger partial charge on any atom is -0.352 e. The van der Waals surface area contributed by atoms with Crippen molar-refractivity contribution in [1.82, 2.24) is 25.9 Å². The number of unbranched alkanes of at least 4 members (excludes halogenated alkanes) is 1. The van der Waals surface area contributed by atoms with Crippen molar-refractivity contribution in [2.45, 2.75) is 32.7 Å². The molecule has 0 spiro atoms. The molecule has 1 heterocycles. The van der Waals surface area contributed by atoms with Gasteiger partial charge in [0, 0.05) is 18.5 Å². The van der Waals surface area contributed by atoms with E-state index in [4.69, 9.17) is 0 Å². The average Bonchev–Trinajstić information content (AvgIpc) is 3.20. The number of hydrogen-bond donors (Lipinski definition) is 2. The number of rotatable bonds is 7. The van der Waals surface area contributed by atoms with Crippen molar-refractivity contribution in [1.29, 1.82) is 0 Å². The molecule has 25 heavy (non-hydrogen) atoms. The minimum absolute atomic E-state index is 0.0788. The van der Waals surface area contributed by atoms with Crippen LogP contribution in [-0.4, -0.2) is 26.5 Å². The van der Waals surface area contributed by atoms with Crippen molar-refractivity contribution in [3.8, 4) is 22.5 Å². The van der Waals surface area contributed by atoms with E-state index in [9.17, 15) is 4.79 Å². The molecule has 1 amide bonds. The molecule has 0 aliphatic carbocycles. The highest BCUT2D eigenvalue weighted by Gasteiger charge is 2.12. The van der Waals surface area contributed by atoms with E-state index in [-0.39, 0.29) is 5.91 Å². The van der Waals surface area contributed by atoms with Gasteiger partial charge in [-0.05, 0) is 34.4 Å². The van der Waals surface area contributed by atoms with Gasteiger partial charge >= 0.3 is 0 Å². The molecule has 3 aromatic rings. The number of carbonyl (C=O) groups excluding carboxylic acids is 1. The van der Waals surface area contributed by atoms with Crippen LogP contribution in [0.5, 0.6) is 0 Å². The van der Waals surface area contributed by atoms with E-state index in [0.29, 0.717) is 18.8 Å². The number of nitrogens with zero attached hydrogens (tertiary/aromatic N) is 3. The van der Waals surface area contributed by atoms with Gasteiger partial charge in [-0.25, -0.2) is 0 Å². The summed E-state index contributed by atoms with van der Waals surface area (Å²) in [7, 11) is 0. The Kier molecular flexibility index (Phi) is 5.51. The van der Waals surface area contributed by atoms with Crippen LogP contribution in [0.3, 0.4) is 0 Å². The maximum Gasteiger partial charge on any atom is 0.220 e. The van der Waals surface area contributed by atoms with Crippen LogP contribution in [0.25, 0.3) is 22.5 Å². The smallest absolute Gasteiger partial charge is 0.220 e. The minimum atomic E-state index is 0.0788. The molecule has 0 aliphatic heterocycles. The normalized spacial score (nSPS) is 10.6. The first-order valence-corrected chi connectivity index (χ1v) is 8.47. The number of hydrogen-bond acceptors (Lipinski definition) is 4. The third-order valence-corrected chi connectivity index (χ3v) is 4.00. The van der Waals surface area contributed by atoms with Gasteiger partial charge in [0.05, 0.1) is 0 Å². The molecule has 0 radical (unpaired) electrons. The molecular formula is C19H21N5O. The highest BCUT2D eigenvalue weighted by Crippen LogP contribution is 2.30. The Hall–Kier alpha value is -3.02. The Morgan fingerprint density at radius 1 is 1.12 bits per heavy atom. The van der Waals surface area contributed by atoms with Crippen molar-refractivity contribution >= 4 is 5.91 Å². The zero-order valence-corrected chi connectivity index (χ0v) is 14.2. The first kappa shape index (κ1) is 16.8. The van der Waals surface area contributed by atoms with Crippen molar-refractivity contribution in [2.24, 2.45) is 0 Å². The van der Waals surface area contributed by atoms with Crippen LogP contribution < -0.4 is 5.32 Å². The Labute approximate surface area is 146 Å². The Balaban J connectivity index is 1.85. The molecule has 128 valence electrons. The topological polar surface area (TPSA) is 83.6 Å². The molecule has 0 saturated carbocycles. The molecule has 3 rings (SSSR count). The highest BCUT2D eigenvalue weighted by atomic mass is 16.1. The van der Waals surface area contributed by atoms with Gasteiger partial charge in [-0.2, -0.15) is 5.21 Å². The summed E-state index contributed by atoms with van der Waals surface area (Å²) < 4.78 is 0. The fourth-order valence-corrected chi connectivity index (χ4v) is 2.66. The van der Waals surface area contributed by atoms with Crippen LogP contribution in [0.2, 0.25) is 0 Å². The second-order valence-corrected chi connectivity index (χ2v) is 5.86. The van der Waals surface area contributed by atoms with Crippen LogP contribution >= 0.6 is 0 Å². The molecule has 6 nitrogen and oxygen atoms in total. The number of nitrogens with one attached hydrogen (secondary N) is 2. The third kappa shape index (κ3) is 4.29. The van der Waals surface area contributed by atoms with Crippen molar-refractivity contribution < 1.29 is 4.79 Å². The molecule has 0 atom stereocenters. The lowest BCUT2D eigenvalue weighted by atomic mass is 9.97. The van der Waals surface area contributed by atoms with Crippen molar-refractivity contribution in [2.75, 3.05) is 0 Å². The van der Waals surface area contributed by atoms with Crippen molar-refractivity contribution in [3.05, 3.63) is 54.1 Å². The third-order valence-electron chi connectivity index (χ3n) is 4.00. The second kappa shape index (κ2) is 8.19. The second-order valence-electron chi connectivity index (χ2n) is 5.86. The number of benzene rings is 2. The largest absolute Gasteiger partial charge is 0.352 e. The summed E-state index contributed by atoms with van der Waals surface area (Å²) in [6.07, 6.45) is 2.49. The number of aromatic amines is 1. The lowest BCUT2D eigenvalue weighted by molar-refractivity contribution is -0.121. The number of H-pyrrole nitrogens is 1. The molecule has 1 aromatic heterocycles. The fraction of sp³-hybridized carbons (Fsp3) is 0.263. The number of amides is 1. The van der Waals surface area contributed by atoms with Crippen LogP contribution in [0, 0.1) is 0 Å². The molecular weight excluding hydrogens is 314 g/mol. The summed E-state index contributed by atoms with van der Waals surface area (Å²) in [5.74, 6) is 0.619. The predicted molar refractivity (Wildman–Crippen MR) is 96.4 cm³/mol. The zero-order chi connectivity index (χ0) is 17.5. The monoisotopic (exact) mass is 335 g/mol. The van der Waals surface area contributed by atoms with Gasteiger partial charge in [0.2, 0.25) is 11.7 Å². The SMILES string of the molecule is CCCCC(=O)NCc1ccc(-c2ccccc2)c(-c2nn[nH]n2)c1. The van der Waals surface area contributed by atoms with E-state index in [2.05, 4.69) is 32.9 Å². The summed E-state index contributed by atoms with van der Waals surface area (Å²) >= 11 is 0. The van der Waals surface area contributed by atoms with Gasteiger partial charge in [0.1, 0.15) is 0 Å². The molecule has 2 aromatic carbocycles. The Morgan fingerprint density at radius 3 is 2.68 bits per heavy atom. The molecule has 0 fully saturated rings. The first-order valence-electron chi connectivity index (χ1n) is 8.47. The molecule has 0 unspecified atom stereocenters. The summed E-state index contributed by atoms with van der Waals surface area (Å²) in [4.78, 5) is 11.8. The lowest BCUT2D eigenvalue weighted by Crippen LogP contribution is -2.22. The fourth-order valence-electron chi connectivity index (χ4n) is 2.66. The summed E-state index contributed by atoms with van der Waals surface area (Å²) in [6, 6.07) is 16.1. The van der Waals surface area contributed by atoms with E-state index in [0.717, 1.165) is 35.1 Å².